The molecule has 5 aliphatic rings. The average molecular weight is 169 g/mol. The maximum absolute atomic E-state index is 6.68. The van der Waals surface area contributed by atoms with Gasteiger partial charge in [-0.2, -0.15) is 0 Å². The van der Waals surface area contributed by atoms with Gasteiger partial charge in [0.15, 0.2) is 0 Å². The van der Waals surface area contributed by atoms with E-state index in [1.165, 1.54) is 25.7 Å². The summed E-state index contributed by atoms with van der Waals surface area (Å²) in [7, 11) is 0. The van der Waals surface area contributed by atoms with Crippen LogP contribution in [0.25, 0.3) is 0 Å². The molecule has 60 valence electrons. The third-order valence-electron chi connectivity index (χ3n) is 4.87. The van der Waals surface area contributed by atoms with E-state index in [1.807, 2.05) is 0 Å². The Bertz CT molecular complexity index is 217. The average Bonchev–Trinajstić information content (AvgIpc) is 2.82. The van der Waals surface area contributed by atoms with Crippen LogP contribution in [0.4, 0.5) is 0 Å². The third-order valence-corrected chi connectivity index (χ3v) is 5.62. The fraction of sp³-hybridized carbons (Fsp3) is 1.00. The molecule has 11 heavy (non-hydrogen) atoms. The van der Waals surface area contributed by atoms with E-state index in [2.05, 4.69) is 0 Å². The third kappa shape index (κ3) is 0.482. The molecular formula is C10H13Cl. The van der Waals surface area contributed by atoms with Crippen LogP contribution >= 0.6 is 11.6 Å². The van der Waals surface area contributed by atoms with E-state index in [4.69, 9.17) is 11.6 Å². The van der Waals surface area contributed by atoms with E-state index < -0.39 is 0 Å². The van der Waals surface area contributed by atoms with Gasteiger partial charge in [0.05, 0.1) is 4.87 Å². The summed E-state index contributed by atoms with van der Waals surface area (Å²) in [5, 5.41) is 0. The molecule has 0 saturated heterocycles. The first-order valence-corrected chi connectivity index (χ1v) is 5.37. The van der Waals surface area contributed by atoms with Crippen LogP contribution < -0.4 is 0 Å². The Kier molecular flexibility index (Phi) is 0.739. The molecule has 5 aliphatic carbocycles. The first kappa shape index (κ1) is 5.85. The highest BCUT2D eigenvalue weighted by Gasteiger charge is 2.73. The molecule has 2 bridgehead atoms. The van der Waals surface area contributed by atoms with Crippen molar-refractivity contribution in [3.8, 4) is 0 Å². The number of hydrogen-bond donors (Lipinski definition) is 0. The van der Waals surface area contributed by atoms with Crippen LogP contribution in [0.15, 0.2) is 0 Å². The predicted octanol–water partition coefficient (Wildman–Crippen LogP) is 2.66. The summed E-state index contributed by atoms with van der Waals surface area (Å²) in [5.74, 6) is 5.24. The Balaban J connectivity index is 1.88. The van der Waals surface area contributed by atoms with Gasteiger partial charge in [-0.3, -0.25) is 0 Å². The number of rotatable bonds is 0. The molecule has 0 spiro atoms. The second-order valence-electron chi connectivity index (χ2n) is 5.14. The van der Waals surface area contributed by atoms with Crippen LogP contribution in [0.3, 0.4) is 0 Å². The van der Waals surface area contributed by atoms with E-state index in [0.29, 0.717) is 4.87 Å². The van der Waals surface area contributed by atoms with E-state index in [0.717, 1.165) is 29.6 Å². The molecule has 5 rings (SSSR count). The minimum Gasteiger partial charge on any atom is -0.119 e. The standard InChI is InChI=1S/C10H13Cl/c11-10-2-1-5(6-3-8(6)10)7-4-9(7)10/h5-9H,1-4H2/t5?,6-,7+,8-,9+,10?. The van der Waals surface area contributed by atoms with Crippen molar-refractivity contribution in [2.75, 3.05) is 0 Å². The predicted molar refractivity (Wildman–Crippen MR) is 44.5 cm³/mol. The van der Waals surface area contributed by atoms with Crippen LogP contribution in [-0.4, -0.2) is 4.87 Å². The first-order chi connectivity index (χ1) is 5.31. The number of hydrogen-bond acceptors (Lipinski definition) is 0. The molecule has 0 amide bonds. The lowest BCUT2D eigenvalue weighted by atomic mass is 9.70. The smallest absolute Gasteiger partial charge is 0.0508 e. The molecule has 2 unspecified atom stereocenters. The van der Waals surface area contributed by atoms with Gasteiger partial charge < -0.3 is 0 Å². The Hall–Kier alpha value is 0.290. The van der Waals surface area contributed by atoms with Gasteiger partial charge in [-0.05, 0) is 55.3 Å². The van der Waals surface area contributed by atoms with Gasteiger partial charge in [0, 0.05) is 0 Å². The molecule has 0 aromatic rings. The summed E-state index contributed by atoms with van der Waals surface area (Å²) < 4.78 is 0. The van der Waals surface area contributed by atoms with Crippen molar-refractivity contribution in [1.29, 1.82) is 0 Å². The second-order valence-corrected chi connectivity index (χ2v) is 5.85. The fourth-order valence-corrected chi connectivity index (χ4v) is 4.87. The van der Waals surface area contributed by atoms with Gasteiger partial charge >= 0.3 is 0 Å². The highest BCUT2D eigenvalue weighted by Crippen LogP contribution is 2.77. The Morgan fingerprint density at radius 2 is 1.64 bits per heavy atom. The Labute approximate surface area is 72.3 Å². The maximum Gasteiger partial charge on any atom is 0.0508 e. The molecule has 6 atom stereocenters. The molecule has 0 N–H and O–H groups in total. The lowest BCUT2D eigenvalue weighted by Crippen LogP contribution is -2.40. The first-order valence-electron chi connectivity index (χ1n) is 4.99. The Morgan fingerprint density at radius 3 is 2.27 bits per heavy atom. The van der Waals surface area contributed by atoms with E-state index >= 15 is 0 Å². The molecule has 0 heterocycles. The van der Waals surface area contributed by atoms with Crippen molar-refractivity contribution < 1.29 is 0 Å². The molecule has 0 aliphatic heterocycles. The number of fused-ring (bicyclic) bond motifs is 1. The molecule has 0 aromatic heterocycles. The molecule has 5 saturated carbocycles. The molecular weight excluding hydrogens is 156 g/mol. The molecule has 0 aromatic carbocycles. The van der Waals surface area contributed by atoms with E-state index in [1.54, 1.807) is 0 Å². The molecule has 0 radical (unpaired) electrons. The summed E-state index contributed by atoms with van der Waals surface area (Å²) in [6, 6.07) is 0. The highest BCUT2D eigenvalue weighted by molar-refractivity contribution is 6.25. The Morgan fingerprint density at radius 1 is 1.00 bits per heavy atom. The van der Waals surface area contributed by atoms with Gasteiger partial charge in [0.1, 0.15) is 0 Å². The summed E-state index contributed by atoms with van der Waals surface area (Å²) in [5.41, 5.74) is 0. The van der Waals surface area contributed by atoms with Crippen molar-refractivity contribution >= 4 is 11.6 Å². The van der Waals surface area contributed by atoms with Crippen molar-refractivity contribution in [1.82, 2.24) is 0 Å². The zero-order valence-electron chi connectivity index (χ0n) is 6.59. The van der Waals surface area contributed by atoms with Crippen molar-refractivity contribution in [2.45, 2.75) is 30.6 Å². The quantitative estimate of drug-likeness (QED) is 0.488. The zero-order chi connectivity index (χ0) is 7.22. The van der Waals surface area contributed by atoms with E-state index in [-0.39, 0.29) is 0 Å². The largest absolute Gasteiger partial charge is 0.119 e. The number of alkyl halides is 1. The van der Waals surface area contributed by atoms with Crippen molar-refractivity contribution in [2.24, 2.45) is 29.6 Å². The molecule has 0 nitrogen and oxygen atoms in total. The SMILES string of the molecule is ClC12CCC([C@H]3C[C@H]31)[C@@H]1C[C@@H]12. The minimum atomic E-state index is 0.323. The van der Waals surface area contributed by atoms with Gasteiger partial charge in [0.2, 0.25) is 0 Å². The summed E-state index contributed by atoms with van der Waals surface area (Å²) in [6.07, 6.45) is 5.79. The van der Waals surface area contributed by atoms with Crippen LogP contribution in [0.5, 0.6) is 0 Å². The molecule has 5 fully saturated rings. The van der Waals surface area contributed by atoms with Crippen LogP contribution in [-0.2, 0) is 0 Å². The van der Waals surface area contributed by atoms with Gasteiger partial charge in [0.25, 0.3) is 0 Å². The van der Waals surface area contributed by atoms with Gasteiger partial charge in [-0.15, -0.1) is 11.6 Å². The van der Waals surface area contributed by atoms with Crippen molar-refractivity contribution in [3.05, 3.63) is 0 Å². The summed E-state index contributed by atoms with van der Waals surface area (Å²) in [6.45, 7) is 0. The van der Waals surface area contributed by atoms with Gasteiger partial charge in [-0.25, -0.2) is 0 Å². The second kappa shape index (κ2) is 1.39. The minimum absolute atomic E-state index is 0.323. The van der Waals surface area contributed by atoms with Crippen LogP contribution in [0.2, 0.25) is 0 Å². The fourth-order valence-electron chi connectivity index (χ4n) is 4.26. The maximum atomic E-state index is 6.68. The van der Waals surface area contributed by atoms with Crippen LogP contribution in [0.1, 0.15) is 25.7 Å². The topological polar surface area (TPSA) is 0 Å². The lowest BCUT2D eigenvalue weighted by Gasteiger charge is -2.41. The molecule has 1 heteroatoms. The number of halogens is 1. The van der Waals surface area contributed by atoms with Gasteiger partial charge in [-0.1, -0.05) is 0 Å². The summed E-state index contributed by atoms with van der Waals surface area (Å²) in [4.78, 5) is 0.323. The zero-order valence-corrected chi connectivity index (χ0v) is 7.35. The lowest BCUT2D eigenvalue weighted by molar-refractivity contribution is 0.167. The van der Waals surface area contributed by atoms with Crippen LogP contribution in [0, 0.1) is 29.6 Å². The van der Waals surface area contributed by atoms with E-state index in [9.17, 15) is 0 Å². The summed E-state index contributed by atoms with van der Waals surface area (Å²) >= 11 is 6.68. The normalized spacial score (nSPS) is 75.5. The van der Waals surface area contributed by atoms with Crippen molar-refractivity contribution in [3.63, 3.8) is 0 Å². The highest BCUT2D eigenvalue weighted by atomic mass is 35.5. The monoisotopic (exact) mass is 168 g/mol.